The molecule has 0 fully saturated rings. The lowest BCUT2D eigenvalue weighted by molar-refractivity contribution is 0.665. The van der Waals surface area contributed by atoms with Crippen molar-refractivity contribution in [3.05, 3.63) is 140 Å². The molecule has 214 valence electrons. The van der Waals surface area contributed by atoms with E-state index in [4.69, 9.17) is 23.8 Å². The summed E-state index contributed by atoms with van der Waals surface area (Å²) in [4.78, 5) is 15.1. The van der Waals surface area contributed by atoms with Gasteiger partial charge in [-0.3, -0.25) is 0 Å². The largest absolute Gasteiger partial charge is 0.455 e. The maximum atomic E-state index is 6.91. The fraction of sp³-hybridized carbons (Fsp3) is 0. The second kappa shape index (κ2) is 9.58. The number of aromatic nitrogens is 3. The number of furan rings is 2. The van der Waals surface area contributed by atoms with Crippen molar-refractivity contribution in [3.63, 3.8) is 0 Å². The van der Waals surface area contributed by atoms with Gasteiger partial charge in [0.05, 0.1) is 10.9 Å². The third-order valence-electron chi connectivity index (χ3n) is 8.90. The molecule has 10 aromatic rings. The first kappa shape index (κ1) is 25.0. The van der Waals surface area contributed by atoms with Gasteiger partial charge in [0.15, 0.2) is 17.5 Å². The molecule has 0 spiro atoms. The monoisotopic (exact) mass is 589 g/mol. The van der Waals surface area contributed by atoms with Gasteiger partial charge in [-0.25, -0.2) is 15.0 Å². The highest BCUT2D eigenvalue weighted by Gasteiger charge is 2.23. The summed E-state index contributed by atoms with van der Waals surface area (Å²) < 4.78 is 13.4. The number of nitrogens with zero attached hydrogens (tertiary/aromatic N) is 3. The van der Waals surface area contributed by atoms with Crippen molar-refractivity contribution in [3.8, 4) is 34.2 Å². The van der Waals surface area contributed by atoms with Crippen LogP contribution in [-0.2, 0) is 0 Å². The molecule has 0 amide bonds. The molecule has 0 aliphatic rings. The van der Waals surface area contributed by atoms with Crippen LogP contribution in [0.4, 0.5) is 0 Å². The van der Waals surface area contributed by atoms with E-state index in [0.717, 1.165) is 76.7 Å². The fourth-order valence-electron chi connectivity index (χ4n) is 6.77. The third-order valence-corrected chi connectivity index (χ3v) is 8.90. The van der Waals surface area contributed by atoms with Crippen LogP contribution < -0.4 is 0 Å². The predicted octanol–water partition coefficient (Wildman–Crippen LogP) is 11.0. The summed E-state index contributed by atoms with van der Waals surface area (Å²) in [6.45, 7) is 0. The van der Waals surface area contributed by atoms with E-state index in [2.05, 4.69) is 72.8 Å². The Balaban J connectivity index is 1.29. The van der Waals surface area contributed by atoms with Gasteiger partial charge in [0.25, 0.3) is 0 Å². The highest BCUT2D eigenvalue weighted by Crippen LogP contribution is 2.46. The Morgan fingerprint density at radius 1 is 0.370 bits per heavy atom. The first-order valence-corrected chi connectivity index (χ1v) is 15.3. The van der Waals surface area contributed by atoms with Crippen LogP contribution in [0.3, 0.4) is 0 Å². The molecule has 5 heteroatoms. The summed E-state index contributed by atoms with van der Waals surface area (Å²) in [6.07, 6.45) is 0. The van der Waals surface area contributed by atoms with Crippen LogP contribution >= 0.6 is 0 Å². The first-order valence-electron chi connectivity index (χ1n) is 15.3. The number of rotatable bonds is 3. The van der Waals surface area contributed by atoms with Gasteiger partial charge in [-0.15, -0.1) is 0 Å². The van der Waals surface area contributed by atoms with Gasteiger partial charge in [-0.1, -0.05) is 121 Å². The van der Waals surface area contributed by atoms with E-state index in [1.54, 1.807) is 0 Å². The van der Waals surface area contributed by atoms with E-state index >= 15 is 0 Å². The maximum Gasteiger partial charge on any atom is 0.167 e. The molecule has 0 saturated carbocycles. The normalized spacial score (nSPS) is 11.9. The van der Waals surface area contributed by atoms with Crippen LogP contribution in [0.25, 0.3) is 99.6 Å². The minimum absolute atomic E-state index is 0.555. The van der Waals surface area contributed by atoms with E-state index in [-0.39, 0.29) is 0 Å². The van der Waals surface area contributed by atoms with Crippen LogP contribution in [0.15, 0.2) is 148 Å². The second-order valence-corrected chi connectivity index (χ2v) is 11.6. The van der Waals surface area contributed by atoms with E-state index < -0.39 is 0 Å². The SMILES string of the molecule is c1ccc(-c2nc(-c3ccc4ccccc4c3)nc(-c3cccc4c3oc3c4c4ccccc4c4oc5ccccc5c43)n2)cc1. The number of hydrogen-bond donors (Lipinski definition) is 0. The van der Waals surface area contributed by atoms with Crippen molar-refractivity contribution in [2.45, 2.75) is 0 Å². The van der Waals surface area contributed by atoms with Gasteiger partial charge in [0.1, 0.15) is 22.3 Å². The smallest absolute Gasteiger partial charge is 0.167 e. The summed E-state index contributed by atoms with van der Waals surface area (Å²) in [5, 5.41) is 8.50. The maximum absolute atomic E-state index is 6.91. The zero-order valence-corrected chi connectivity index (χ0v) is 24.4. The number of benzene rings is 7. The Morgan fingerprint density at radius 2 is 1.04 bits per heavy atom. The Morgan fingerprint density at radius 3 is 1.91 bits per heavy atom. The van der Waals surface area contributed by atoms with E-state index in [0.29, 0.717) is 17.5 Å². The quantitative estimate of drug-likeness (QED) is 0.205. The van der Waals surface area contributed by atoms with Crippen LogP contribution in [0.1, 0.15) is 0 Å². The van der Waals surface area contributed by atoms with Crippen molar-refractivity contribution in [1.29, 1.82) is 0 Å². The highest BCUT2D eigenvalue weighted by atomic mass is 16.3. The molecule has 0 unspecified atom stereocenters. The lowest BCUT2D eigenvalue weighted by Crippen LogP contribution is -2.00. The molecule has 7 aromatic carbocycles. The predicted molar refractivity (Wildman–Crippen MR) is 186 cm³/mol. The number of hydrogen-bond acceptors (Lipinski definition) is 5. The Hall–Kier alpha value is -6.33. The number of fused-ring (bicyclic) bond motifs is 11. The van der Waals surface area contributed by atoms with E-state index in [9.17, 15) is 0 Å². The molecule has 0 aliphatic heterocycles. The molecular formula is C41H23N3O2. The minimum Gasteiger partial charge on any atom is -0.455 e. The molecule has 3 aromatic heterocycles. The molecule has 10 rings (SSSR count). The van der Waals surface area contributed by atoms with Crippen molar-refractivity contribution in [2.75, 3.05) is 0 Å². The van der Waals surface area contributed by atoms with E-state index in [1.807, 2.05) is 66.7 Å². The lowest BCUT2D eigenvalue weighted by atomic mass is 9.99. The molecule has 0 radical (unpaired) electrons. The van der Waals surface area contributed by atoms with Crippen LogP contribution in [-0.4, -0.2) is 15.0 Å². The van der Waals surface area contributed by atoms with Crippen molar-refractivity contribution < 1.29 is 8.83 Å². The van der Waals surface area contributed by atoms with E-state index in [1.165, 1.54) is 5.39 Å². The van der Waals surface area contributed by atoms with Crippen LogP contribution in [0, 0.1) is 0 Å². The van der Waals surface area contributed by atoms with Crippen molar-refractivity contribution in [1.82, 2.24) is 15.0 Å². The zero-order chi connectivity index (χ0) is 30.2. The molecule has 3 heterocycles. The lowest BCUT2D eigenvalue weighted by Gasteiger charge is -2.09. The standard InChI is InChI=1S/C41H23N3O2/c1-2-12-25(13-3-1)39-42-40(27-22-21-24-11-4-5-14-26(24)23-27)44-41(43-39)32-19-10-18-31-34-28-15-6-7-16-29(28)37-35(38(34)46-36(31)32)30-17-8-9-20-33(30)45-37/h1-23H. The second-order valence-electron chi connectivity index (χ2n) is 11.6. The molecule has 0 saturated heterocycles. The van der Waals surface area contributed by atoms with Gasteiger partial charge < -0.3 is 8.83 Å². The Labute approximate surface area is 262 Å². The summed E-state index contributed by atoms with van der Waals surface area (Å²) >= 11 is 0. The molecule has 0 bridgehead atoms. The average molecular weight is 590 g/mol. The molecule has 0 atom stereocenters. The molecule has 46 heavy (non-hydrogen) atoms. The third kappa shape index (κ3) is 3.66. The fourth-order valence-corrected chi connectivity index (χ4v) is 6.77. The van der Waals surface area contributed by atoms with Gasteiger partial charge in [0.2, 0.25) is 0 Å². The molecule has 0 N–H and O–H groups in total. The minimum atomic E-state index is 0.555. The summed E-state index contributed by atoms with van der Waals surface area (Å²) in [5.74, 6) is 1.77. The summed E-state index contributed by atoms with van der Waals surface area (Å²) in [5.41, 5.74) is 5.84. The van der Waals surface area contributed by atoms with Crippen molar-refractivity contribution in [2.24, 2.45) is 0 Å². The summed E-state index contributed by atoms with van der Waals surface area (Å²) in [6, 6.07) is 47.4. The van der Waals surface area contributed by atoms with Crippen LogP contribution in [0.5, 0.6) is 0 Å². The van der Waals surface area contributed by atoms with Gasteiger partial charge in [-0.2, -0.15) is 0 Å². The molecular weight excluding hydrogens is 566 g/mol. The topological polar surface area (TPSA) is 65.0 Å². The van der Waals surface area contributed by atoms with Gasteiger partial charge in [0, 0.05) is 32.7 Å². The zero-order valence-electron chi connectivity index (χ0n) is 24.4. The van der Waals surface area contributed by atoms with Crippen LogP contribution in [0.2, 0.25) is 0 Å². The molecule has 5 nitrogen and oxygen atoms in total. The summed E-state index contributed by atoms with van der Waals surface area (Å²) in [7, 11) is 0. The van der Waals surface area contributed by atoms with Gasteiger partial charge in [-0.05, 0) is 34.4 Å². The Kier molecular flexibility index (Phi) is 5.22. The first-order chi connectivity index (χ1) is 22.8. The molecule has 0 aliphatic carbocycles. The van der Waals surface area contributed by atoms with Crippen molar-refractivity contribution >= 4 is 65.4 Å². The highest BCUT2D eigenvalue weighted by molar-refractivity contribution is 6.34. The number of para-hydroxylation sites is 2. The average Bonchev–Trinajstić information content (AvgIpc) is 3.71. The Bertz CT molecular complexity index is 2810. The van der Waals surface area contributed by atoms with Gasteiger partial charge >= 0.3 is 0 Å².